The zero-order chi connectivity index (χ0) is 17.3. The van der Waals surface area contributed by atoms with Gasteiger partial charge in [-0.2, -0.15) is 0 Å². The summed E-state index contributed by atoms with van der Waals surface area (Å²) in [5.74, 6) is 2.25. The SMILES string of the molecule is CC1CCC(C23CCC(C45CCC(I)(C=C4F)CC5)(CC2)CC3)CC1. The molecule has 0 atom stereocenters. The van der Waals surface area contributed by atoms with Gasteiger partial charge in [-0.15, -0.1) is 0 Å². The molecule has 7 aliphatic carbocycles. The van der Waals surface area contributed by atoms with Gasteiger partial charge in [0, 0.05) is 8.84 Å². The fourth-order valence-electron chi connectivity index (χ4n) is 8.04. The lowest BCUT2D eigenvalue weighted by Gasteiger charge is -2.66. The van der Waals surface area contributed by atoms with Crippen molar-refractivity contribution in [2.45, 2.75) is 100 Å². The molecule has 0 nitrogen and oxygen atoms in total. The fourth-order valence-corrected chi connectivity index (χ4v) is 8.85. The first-order valence-electron chi connectivity index (χ1n) is 11.0. The van der Waals surface area contributed by atoms with Gasteiger partial charge in [0.25, 0.3) is 0 Å². The molecule has 0 spiro atoms. The van der Waals surface area contributed by atoms with E-state index in [1.54, 1.807) is 0 Å². The minimum Gasteiger partial charge on any atom is -0.211 e. The molecule has 0 radical (unpaired) electrons. The zero-order valence-corrected chi connectivity index (χ0v) is 18.0. The number of fused-ring (bicyclic) bond motifs is 5. The van der Waals surface area contributed by atoms with Crippen molar-refractivity contribution in [3.63, 3.8) is 0 Å². The summed E-state index contributed by atoms with van der Waals surface area (Å²) < 4.78 is 15.5. The first-order chi connectivity index (χ1) is 11.9. The van der Waals surface area contributed by atoms with Gasteiger partial charge in [-0.05, 0) is 106 Å². The molecular weight excluding hydrogens is 422 g/mol. The Bertz CT molecular complexity index is 550. The van der Waals surface area contributed by atoms with E-state index in [1.165, 1.54) is 77.0 Å². The Morgan fingerprint density at radius 1 is 0.840 bits per heavy atom. The highest BCUT2D eigenvalue weighted by atomic mass is 127. The summed E-state index contributed by atoms with van der Waals surface area (Å²) >= 11 is 2.53. The summed E-state index contributed by atoms with van der Waals surface area (Å²) in [6.07, 6.45) is 20.8. The van der Waals surface area contributed by atoms with Gasteiger partial charge in [0.1, 0.15) is 5.83 Å². The predicted octanol–water partition coefficient (Wildman–Crippen LogP) is 7.75. The molecule has 0 N–H and O–H groups in total. The summed E-state index contributed by atoms with van der Waals surface area (Å²) in [7, 11) is 0. The number of allylic oxidation sites excluding steroid dienone is 2. The van der Waals surface area contributed by atoms with Crippen LogP contribution in [-0.4, -0.2) is 3.42 Å². The standard InChI is InChI=1S/C23H34FI/c1-17-2-4-18(5-3-17)20-6-9-21(10-7-20,11-8-20)23-14-12-22(25,13-15-23)16-19(23)24/h16-18H,2-15H2,1H3. The molecule has 5 saturated carbocycles. The number of halogens is 2. The summed E-state index contributed by atoms with van der Waals surface area (Å²) in [5.41, 5.74) is 0.901. The number of alkyl halides is 1. The van der Waals surface area contributed by atoms with Crippen molar-refractivity contribution in [2.75, 3.05) is 0 Å². The van der Waals surface area contributed by atoms with E-state index in [0.717, 1.165) is 24.7 Å². The summed E-state index contributed by atoms with van der Waals surface area (Å²) in [6.45, 7) is 2.44. The Kier molecular flexibility index (Phi) is 3.99. The van der Waals surface area contributed by atoms with E-state index in [1.807, 2.05) is 6.08 Å². The molecule has 0 aromatic rings. The molecule has 0 heterocycles. The van der Waals surface area contributed by atoms with Crippen LogP contribution in [0.1, 0.15) is 96.8 Å². The highest BCUT2D eigenvalue weighted by Gasteiger charge is 2.64. The Morgan fingerprint density at radius 2 is 1.40 bits per heavy atom. The lowest BCUT2D eigenvalue weighted by molar-refractivity contribution is -0.133. The summed E-state index contributed by atoms with van der Waals surface area (Å²) in [6, 6.07) is 0. The lowest BCUT2D eigenvalue weighted by Crippen LogP contribution is -2.57. The van der Waals surface area contributed by atoms with Crippen LogP contribution in [0.5, 0.6) is 0 Å². The van der Waals surface area contributed by atoms with Crippen molar-refractivity contribution in [2.24, 2.45) is 28.1 Å². The molecule has 0 aromatic carbocycles. The maximum absolute atomic E-state index is 15.4. The molecule has 2 heteroatoms. The van der Waals surface area contributed by atoms with Crippen LogP contribution in [0.3, 0.4) is 0 Å². The first-order valence-corrected chi connectivity index (χ1v) is 12.1. The van der Waals surface area contributed by atoms with Crippen LogP contribution < -0.4 is 0 Å². The summed E-state index contributed by atoms with van der Waals surface area (Å²) in [5, 5.41) is 0. The number of rotatable bonds is 2. The van der Waals surface area contributed by atoms with Crippen molar-refractivity contribution < 1.29 is 4.39 Å². The first kappa shape index (κ1) is 17.5. The van der Waals surface area contributed by atoms with Crippen LogP contribution in [0.4, 0.5) is 4.39 Å². The minimum absolute atomic E-state index is 0.0619. The van der Waals surface area contributed by atoms with E-state index < -0.39 is 0 Å². The third-order valence-electron chi connectivity index (χ3n) is 9.98. The predicted molar refractivity (Wildman–Crippen MR) is 111 cm³/mol. The maximum Gasteiger partial charge on any atom is 0.104 e. The van der Waals surface area contributed by atoms with E-state index in [4.69, 9.17) is 0 Å². The van der Waals surface area contributed by atoms with Gasteiger partial charge in [-0.3, -0.25) is 0 Å². The van der Waals surface area contributed by atoms with E-state index in [0.29, 0.717) is 16.7 Å². The molecule has 25 heavy (non-hydrogen) atoms. The van der Waals surface area contributed by atoms with Gasteiger partial charge >= 0.3 is 0 Å². The average Bonchev–Trinajstić information content (AvgIpc) is 2.64. The molecule has 0 saturated heterocycles. The molecule has 0 aromatic heterocycles. The second-order valence-corrected chi connectivity index (χ2v) is 12.9. The second kappa shape index (κ2) is 5.70. The van der Waals surface area contributed by atoms with Crippen molar-refractivity contribution in [3.05, 3.63) is 11.9 Å². The normalized spacial score (nSPS) is 55.2. The Hall–Kier alpha value is 0.400. The molecule has 5 fully saturated rings. The molecule has 0 amide bonds. The van der Waals surface area contributed by atoms with Crippen molar-refractivity contribution in [1.82, 2.24) is 0 Å². The van der Waals surface area contributed by atoms with Crippen molar-refractivity contribution >= 4 is 22.6 Å². The van der Waals surface area contributed by atoms with Crippen LogP contribution in [-0.2, 0) is 0 Å². The zero-order valence-electron chi connectivity index (χ0n) is 15.9. The highest BCUT2D eigenvalue weighted by Crippen LogP contribution is 2.73. The molecule has 4 bridgehead atoms. The average molecular weight is 456 g/mol. The van der Waals surface area contributed by atoms with Gasteiger partial charge in [-0.25, -0.2) is 4.39 Å². The lowest BCUT2D eigenvalue weighted by atomic mass is 9.39. The Balaban J connectivity index is 1.38. The van der Waals surface area contributed by atoms with Crippen LogP contribution in [0.2, 0.25) is 0 Å². The molecule has 0 unspecified atom stereocenters. The van der Waals surface area contributed by atoms with Gasteiger partial charge in [0.15, 0.2) is 0 Å². The van der Waals surface area contributed by atoms with E-state index in [9.17, 15) is 0 Å². The largest absolute Gasteiger partial charge is 0.211 e. The van der Waals surface area contributed by atoms with Crippen molar-refractivity contribution in [3.8, 4) is 0 Å². The minimum atomic E-state index is -0.0619. The molecule has 7 aliphatic rings. The molecule has 7 rings (SSSR count). The summed E-state index contributed by atoms with van der Waals surface area (Å²) in [4.78, 5) is 0. The van der Waals surface area contributed by atoms with Crippen LogP contribution in [0.15, 0.2) is 11.9 Å². The Morgan fingerprint density at radius 3 is 1.92 bits per heavy atom. The second-order valence-electron chi connectivity index (χ2n) is 10.7. The van der Waals surface area contributed by atoms with E-state index >= 15 is 4.39 Å². The van der Waals surface area contributed by atoms with Gasteiger partial charge in [-0.1, -0.05) is 42.4 Å². The number of hydrogen-bond acceptors (Lipinski definition) is 0. The topological polar surface area (TPSA) is 0 Å². The quantitative estimate of drug-likeness (QED) is 0.294. The third kappa shape index (κ3) is 2.40. The van der Waals surface area contributed by atoms with Gasteiger partial charge in [0.2, 0.25) is 0 Å². The van der Waals surface area contributed by atoms with E-state index in [2.05, 4.69) is 29.5 Å². The smallest absolute Gasteiger partial charge is 0.104 e. The van der Waals surface area contributed by atoms with Gasteiger partial charge < -0.3 is 0 Å². The van der Waals surface area contributed by atoms with Crippen LogP contribution in [0, 0.1) is 28.1 Å². The molecular formula is C23H34FI. The fraction of sp³-hybridized carbons (Fsp3) is 0.913. The van der Waals surface area contributed by atoms with Gasteiger partial charge in [0.05, 0.1) is 0 Å². The van der Waals surface area contributed by atoms with Crippen molar-refractivity contribution in [1.29, 1.82) is 0 Å². The molecule has 0 aliphatic heterocycles. The molecule has 140 valence electrons. The van der Waals surface area contributed by atoms with E-state index in [-0.39, 0.29) is 8.84 Å². The maximum atomic E-state index is 15.4. The monoisotopic (exact) mass is 456 g/mol. The third-order valence-corrected chi connectivity index (χ3v) is 11.4. The Labute approximate surface area is 166 Å². The highest BCUT2D eigenvalue weighted by molar-refractivity contribution is 14.1. The van der Waals surface area contributed by atoms with Crippen LogP contribution in [0.25, 0.3) is 0 Å². The number of hydrogen-bond donors (Lipinski definition) is 0. The van der Waals surface area contributed by atoms with Crippen LogP contribution >= 0.6 is 22.6 Å².